The first-order valence-electron chi connectivity index (χ1n) is 7.87. The van der Waals surface area contributed by atoms with Crippen LogP contribution in [0, 0.1) is 5.82 Å². The highest BCUT2D eigenvalue weighted by atomic mass is 19.1. The molecule has 1 saturated heterocycles. The number of halogens is 1. The lowest BCUT2D eigenvalue weighted by atomic mass is 10.2. The Balaban J connectivity index is 1.84. The summed E-state index contributed by atoms with van der Waals surface area (Å²) in [6.07, 6.45) is 3.00. The van der Waals surface area contributed by atoms with Crippen molar-refractivity contribution in [1.29, 1.82) is 0 Å². The second-order valence-electron chi connectivity index (χ2n) is 5.32. The summed E-state index contributed by atoms with van der Waals surface area (Å²) in [4.78, 5) is 13.9. The van der Waals surface area contributed by atoms with Crippen LogP contribution in [0.5, 0.6) is 0 Å². The highest BCUT2D eigenvalue weighted by Crippen LogP contribution is 2.25. The molecular weight excluding hydrogens is 285 g/mol. The van der Waals surface area contributed by atoms with Gasteiger partial charge >= 0.3 is 6.03 Å². The predicted octanol–water partition coefficient (Wildman–Crippen LogP) is 2.97. The van der Waals surface area contributed by atoms with Gasteiger partial charge in [0.1, 0.15) is 5.82 Å². The topological polar surface area (TPSA) is 53.6 Å². The Morgan fingerprint density at radius 3 is 2.82 bits per heavy atom. The van der Waals surface area contributed by atoms with Crippen molar-refractivity contribution in [3.63, 3.8) is 0 Å². The maximum absolute atomic E-state index is 13.7. The van der Waals surface area contributed by atoms with Gasteiger partial charge < -0.3 is 20.3 Å². The van der Waals surface area contributed by atoms with E-state index in [2.05, 4.69) is 15.5 Å². The first kappa shape index (κ1) is 16.5. The summed E-state index contributed by atoms with van der Waals surface area (Å²) in [5, 5.41) is 5.41. The smallest absolute Gasteiger partial charge is 0.319 e. The van der Waals surface area contributed by atoms with E-state index in [9.17, 15) is 9.18 Å². The van der Waals surface area contributed by atoms with E-state index in [1.54, 1.807) is 0 Å². The van der Waals surface area contributed by atoms with E-state index >= 15 is 0 Å². The number of nitrogens with zero attached hydrogens (tertiary/aromatic N) is 1. The Hall–Kier alpha value is -1.82. The fraction of sp³-hybridized carbons (Fsp3) is 0.562. The summed E-state index contributed by atoms with van der Waals surface area (Å²) in [6, 6.07) is 4.33. The average molecular weight is 309 g/mol. The first-order chi connectivity index (χ1) is 10.7. The minimum atomic E-state index is -0.337. The number of anilines is 2. The molecule has 1 aromatic rings. The maximum Gasteiger partial charge on any atom is 0.319 e. The molecule has 2 rings (SSSR count). The second kappa shape index (κ2) is 8.58. The second-order valence-corrected chi connectivity index (χ2v) is 5.32. The van der Waals surface area contributed by atoms with Crippen LogP contribution < -0.4 is 15.5 Å². The van der Waals surface area contributed by atoms with Gasteiger partial charge in [0.05, 0.1) is 0 Å². The summed E-state index contributed by atoms with van der Waals surface area (Å²) >= 11 is 0. The Bertz CT molecular complexity index is 490. The van der Waals surface area contributed by atoms with E-state index in [0.717, 1.165) is 38.0 Å². The molecule has 0 unspecified atom stereocenters. The molecule has 0 radical (unpaired) electrons. The molecule has 122 valence electrons. The average Bonchev–Trinajstić information content (AvgIpc) is 3.00. The van der Waals surface area contributed by atoms with Gasteiger partial charge in [-0.05, 0) is 44.4 Å². The summed E-state index contributed by atoms with van der Waals surface area (Å²) in [6.45, 7) is 5.63. The Labute approximate surface area is 130 Å². The van der Waals surface area contributed by atoms with E-state index in [0.29, 0.717) is 25.4 Å². The molecule has 0 saturated carbocycles. The molecule has 0 aliphatic carbocycles. The van der Waals surface area contributed by atoms with Crippen molar-refractivity contribution in [1.82, 2.24) is 5.32 Å². The van der Waals surface area contributed by atoms with Crippen LogP contribution in [-0.4, -0.2) is 38.9 Å². The van der Waals surface area contributed by atoms with Crippen LogP contribution in [0.1, 0.15) is 26.2 Å². The third kappa shape index (κ3) is 5.18. The van der Waals surface area contributed by atoms with Gasteiger partial charge in [-0.1, -0.05) is 0 Å². The fourth-order valence-corrected chi connectivity index (χ4v) is 2.50. The molecule has 2 N–H and O–H groups in total. The number of benzene rings is 1. The Morgan fingerprint density at radius 2 is 2.09 bits per heavy atom. The fourth-order valence-electron chi connectivity index (χ4n) is 2.50. The first-order valence-corrected chi connectivity index (χ1v) is 7.87. The van der Waals surface area contributed by atoms with E-state index in [4.69, 9.17) is 4.74 Å². The van der Waals surface area contributed by atoms with Crippen molar-refractivity contribution in [2.75, 3.05) is 43.1 Å². The monoisotopic (exact) mass is 309 g/mol. The number of carbonyl (C=O) groups excluding carboxylic acids is 1. The summed E-state index contributed by atoms with van der Waals surface area (Å²) in [5.41, 5.74) is 1.30. The van der Waals surface area contributed by atoms with Gasteiger partial charge in [0, 0.05) is 44.2 Å². The van der Waals surface area contributed by atoms with Gasteiger partial charge in [-0.15, -0.1) is 0 Å². The number of amides is 2. The maximum atomic E-state index is 13.7. The number of hydrogen-bond donors (Lipinski definition) is 2. The van der Waals surface area contributed by atoms with Crippen LogP contribution >= 0.6 is 0 Å². The lowest BCUT2D eigenvalue weighted by molar-refractivity contribution is 0.145. The van der Waals surface area contributed by atoms with Crippen molar-refractivity contribution in [3.05, 3.63) is 24.0 Å². The number of ether oxygens (including phenoxy) is 1. The van der Waals surface area contributed by atoms with Crippen molar-refractivity contribution in [3.8, 4) is 0 Å². The molecule has 0 atom stereocenters. The molecule has 1 heterocycles. The molecule has 0 spiro atoms. The van der Waals surface area contributed by atoms with E-state index < -0.39 is 0 Å². The molecule has 1 fully saturated rings. The summed E-state index contributed by atoms with van der Waals surface area (Å²) < 4.78 is 18.9. The molecule has 2 amide bonds. The van der Waals surface area contributed by atoms with Gasteiger partial charge in [-0.3, -0.25) is 0 Å². The normalized spacial score (nSPS) is 14.2. The van der Waals surface area contributed by atoms with Gasteiger partial charge in [-0.2, -0.15) is 0 Å². The molecule has 0 aromatic heterocycles. The SMILES string of the molecule is CCOCCCNC(=O)Nc1cc(F)cc(N2CCCC2)c1. The lowest BCUT2D eigenvalue weighted by Crippen LogP contribution is -2.30. The predicted molar refractivity (Wildman–Crippen MR) is 86.0 cm³/mol. The zero-order valence-corrected chi connectivity index (χ0v) is 13.0. The number of urea groups is 1. The van der Waals surface area contributed by atoms with Gasteiger partial charge in [0.25, 0.3) is 0 Å². The van der Waals surface area contributed by atoms with Crippen LogP contribution in [-0.2, 0) is 4.74 Å². The largest absolute Gasteiger partial charge is 0.382 e. The molecule has 22 heavy (non-hydrogen) atoms. The van der Waals surface area contributed by atoms with Gasteiger partial charge in [0.2, 0.25) is 0 Å². The van der Waals surface area contributed by atoms with Crippen molar-refractivity contribution < 1.29 is 13.9 Å². The minimum absolute atomic E-state index is 0.325. The van der Waals surface area contributed by atoms with Gasteiger partial charge in [-0.25, -0.2) is 9.18 Å². The molecule has 6 heteroatoms. The lowest BCUT2D eigenvalue weighted by Gasteiger charge is -2.19. The summed E-state index contributed by atoms with van der Waals surface area (Å²) in [5.74, 6) is -0.337. The third-order valence-corrected chi connectivity index (χ3v) is 3.57. The zero-order valence-electron chi connectivity index (χ0n) is 13.0. The standard InChI is InChI=1S/C16H24FN3O2/c1-2-22-9-5-6-18-16(21)19-14-10-13(17)11-15(12-14)20-7-3-4-8-20/h10-12H,2-9H2,1H3,(H2,18,19,21). The van der Waals surface area contributed by atoms with Crippen LogP contribution in [0.25, 0.3) is 0 Å². The molecule has 1 aliphatic heterocycles. The molecule has 5 nitrogen and oxygen atoms in total. The molecule has 1 aliphatic rings. The van der Waals surface area contributed by atoms with Gasteiger partial charge in [0.15, 0.2) is 0 Å². The van der Waals surface area contributed by atoms with Crippen LogP contribution in [0.2, 0.25) is 0 Å². The Morgan fingerprint density at radius 1 is 1.32 bits per heavy atom. The number of carbonyl (C=O) groups is 1. The van der Waals surface area contributed by atoms with Crippen molar-refractivity contribution >= 4 is 17.4 Å². The van der Waals surface area contributed by atoms with E-state index in [1.807, 2.05) is 13.0 Å². The van der Waals surface area contributed by atoms with Crippen LogP contribution in [0.3, 0.4) is 0 Å². The van der Waals surface area contributed by atoms with Crippen LogP contribution in [0.15, 0.2) is 18.2 Å². The molecular formula is C16H24FN3O2. The quantitative estimate of drug-likeness (QED) is 0.761. The molecule has 1 aromatic carbocycles. The van der Waals surface area contributed by atoms with Crippen molar-refractivity contribution in [2.45, 2.75) is 26.2 Å². The Kier molecular flexibility index (Phi) is 6.45. The minimum Gasteiger partial charge on any atom is -0.382 e. The zero-order chi connectivity index (χ0) is 15.8. The van der Waals surface area contributed by atoms with Crippen molar-refractivity contribution in [2.24, 2.45) is 0 Å². The highest BCUT2D eigenvalue weighted by Gasteiger charge is 2.14. The number of rotatable bonds is 7. The number of nitrogens with one attached hydrogen (secondary N) is 2. The van der Waals surface area contributed by atoms with Crippen LogP contribution in [0.4, 0.5) is 20.6 Å². The third-order valence-electron chi connectivity index (χ3n) is 3.57. The number of hydrogen-bond acceptors (Lipinski definition) is 3. The highest BCUT2D eigenvalue weighted by molar-refractivity contribution is 5.89. The molecule has 0 bridgehead atoms. The van der Waals surface area contributed by atoms with E-state index in [1.165, 1.54) is 12.1 Å². The summed E-state index contributed by atoms with van der Waals surface area (Å²) in [7, 11) is 0. The van der Waals surface area contributed by atoms with E-state index in [-0.39, 0.29) is 11.8 Å².